The van der Waals surface area contributed by atoms with Crippen LogP contribution in [0.1, 0.15) is 33.1 Å². The van der Waals surface area contributed by atoms with Crippen molar-refractivity contribution < 1.29 is 9.53 Å². The highest BCUT2D eigenvalue weighted by Gasteiger charge is 2.40. The third-order valence-electron chi connectivity index (χ3n) is 2.55. The fraction of sp³-hybridized carbons (Fsp3) is 0.889. The molecule has 0 amide bonds. The van der Waals surface area contributed by atoms with Crippen molar-refractivity contribution in [2.24, 2.45) is 11.1 Å². The van der Waals surface area contributed by atoms with Gasteiger partial charge in [-0.05, 0) is 33.1 Å². The molecular formula is C9H17NO2. The predicted octanol–water partition coefficient (Wildman–Crippen LogP) is 1.07. The molecule has 1 aliphatic rings. The van der Waals surface area contributed by atoms with Crippen LogP contribution in [-0.4, -0.2) is 18.6 Å². The molecule has 2 atom stereocenters. The van der Waals surface area contributed by atoms with Crippen LogP contribution in [-0.2, 0) is 9.53 Å². The van der Waals surface area contributed by atoms with Gasteiger partial charge < -0.3 is 10.5 Å². The van der Waals surface area contributed by atoms with Gasteiger partial charge in [-0.25, -0.2) is 0 Å². The van der Waals surface area contributed by atoms with Crippen molar-refractivity contribution >= 4 is 5.97 Å². The minimum absolute atomic E-state index is 0.0852. The number of esters is 1. The van der Waals surface area contributed by atoms with Crippen LogP contribution in [0.4, 0.5) is 0 Å². The molecule has 1 aliphatic carbocycles. The summed E-state index contributed by atoms with van der Waals surface area (Å²) in [5.41, 5.74) is 5.43. The van der Waals surface area contributed by atoms with Gasteiger partial charge in [0.1, 0.15) is 0 Å². The van der Waals surface area contributed by atoms with E-state index in [1.807, 2.05) is 13.8 Å². The van der Waals surface area contributed by atoms with Crippen LogP contribution in [0.2, 0.25) is 0 Å². The molecule has 0 heterocycles. The molecule has 1 fully saturated rings. The molecule has 1 saturated carbocycles. The van der Waals surface area contributed by atoms with Crippen molar-refractivity contribution in [3.05, 3.63) is 0 Å². The molecule has 0 spiro atoms. The molecule has 70 valence electrons. The Morgan fingerprint density at radius 1 is 1.75 bits per heavy atom. The number of hydrogen-bond donors (Lipinski definition) is 1. The fourth-order valence-electron chi connectivity index (χ4n) is 1.78. The average molecular weight is 171 g/mol. The third kappa shape index (κ3) is 1.78. The van der Waals surface area contributed by atoms with Crippen LogP contribution in [0.5, 0.6) is 0 Å². The van der Waals surface area contributed by atoms with Crippen LogP contribution in [0, 0.1) is 5.41 Å². The lowest BCUT2D eigenvalue weighted by Crippen LogP contribution is -2.29. The molecule has 0 radical (unpaired) electrons. The van der Waals surface area contributed by atoms with Crippen molar-refractivity contribution in [1.82, 2.24) is 0 Å². The number of hydrogen-bond acceptors (Lipinski definition) is 3. The quantitative estimate of drug-likeness (QED) is 0.632. The van der Waals surface area contributed by atoms with Gasteiger partial charge in [0.2, 0.25) is 0 Å². The van der Waals surface area contributed by atoms with Crippen molar-refractivity contribution in [2.45, 2.75) is 39.2 Å². The van der Waals surface area contributed by atoms with Gasteiger partial charge in [0.05, 0.1) is 12.0 Å². The van der Waals surface area contributed by atoms with Crippen LogP contribution in [0.15, 0.2) is 0 Å². The molecule has 1 rings (SSSR count). The zero-order valence-electron chi connectivity index (χ0n) is 7.80. The Bertz CT molecular complexity index is 181. The van der Waals surface area contributed by atoms with E-state index in [0.29, 0.717) is 6.61 Å². The summed E-state index contributed by atoms with van der Waals surface area (Å²) >= 11 is 0. The highest BCUT2D eigenvalue weighted by atomic mass is 16.5. The van der Waals surface area contributed by atoms with E-state index in [1.165, 1.54) is 0 Å². The van der Waals surface area contributed by atoms with E-state index >= 15 is 0 Å². The maximum Gasteiger partial charge on any atom is 0.311 e. The maximum absolute atomic E-state index is 11.4. The second-order valence-corrected chi connectivity index (χ2v) is 3.78. The molecule has 0 bridgehead atoms. The van der Waals surface area contributed by atoms with E-state index in [4.69, 9.17) is 10.5 Å². The molecule has 12 heavy (non-hydrogen) atoms. The standard InChI is InChI=1S/C9H17NO2/c1-3-12-8(11)9(2)5-4-7(10)6-9/h7H,3-6,10H2,1-2H3/t7-,9+/m1/s1. The molecule has 0 unspecified atom stereocenters. The summed E-state index contributed by atoms with van der Waals surface area (Å²) in [6, 6.07) is 0.180. The van der Waals surface area contributed by atoms with Crippen molar-refractivity contribution in [2.75, 3.05) is 6.61 Å². The van der Waals surface area contributed by atoms with Gasteiger partial charge in [0, 0.05) is 6.04 Å². The first kappa shape index (κ1) is 9.52. The van der Waals surface area contributed by atoms with Gasteiger partial charge in [-0.2, -0.15) is 0 Å². The Balaban J connectivity index is 2.54. The highest BCUT2D eigenvalue weighted by Crippen LogP contribution is 2.37. The summed E-state index contributed by atoms with van der Waals surface area (Å²) in [4.78, 5) is 11.4. The smallest absolute Gasteiger partial charge is 0.311 e. The Morgan fingerprint density at radius 2 is 2.42 bits per heavy atom. The van der Waals surface area contributed by atoms with E-state index in [-0.39, 0.29) is 17.4 Å². The van der Waals surface area contributed by atoms with Crippen LogP contribution >= 0.6 is 0 Å². The first-order valence-corrected chi connectivity index (χ1v) is 4.51. The maximum atomic E-state index is 11.4. The third-order valence-corrected chi connectivity index (χ3v) is 2.55. The SMILES string of the molecule is CCOC(=O)[C@@]1(C)CC[C@@H](N)C1. The topological polar surface area (TPSA) is 52.3 Å². The highest BCUT2D eigenvalue weighted by molar-refractivity contribution is 5.76. The van der Waals surface area contributed by atoms with Crippen molar-refractivity contribution in [3.63, 3.8) is 0 Å². The second-order valence-electron chi connectivity index (χ2n) is 3.78. The van der Waals surface area contributed by atoms with Gasteiger partial charge in [-0.15, -0.1) is 0 Å². The van der Waals surface area contributed by atoms with Gasteiger partial charge in [-0.1, -0.05) is 0 Å². The minimum atomic E-state index is -0.310. The van der Waals surface area contributed by atoms with Crippen LogP contribution < -0.4 is 5.73 Å². The average Bonchev–Trinajstić information content (AvgIpc) is 2.33. The Labute approximate surface area is 73.3 Å². The van der Waals surface area contributed by atoms with Crippen LogP contribution in [0.3, 0.4) is 0 Å². The molecule has 0 saturated heterocycles. The molecule has 0 aromatic carbocycles. The number of ether oxygens (including phenoxy) is 1. The zero-order chi connectivity index (χ0) is 9.19. The molecular weight excluding hydrogens is 154 g/mol. The number of carbonyl (C=O) groups excluding carboxylic acids is 1. The minimum Gasteiger partial charge on any atom is -0.466 e. The van der Waals surface area contributed by atoms with E-state index in [0.717, 1.165) is 19.3 Å². The summed E-state index contributed by atoms with van der Waals surface area (Å²) in [6.45, 7) is 4.23. The number of carbonyl (C=O) groups is 1. The Hall–Kier alpha value is -0.570. The largest absolute Gasteiger partial charge is 0.466 e. The molecule has 3 nitrogen and oxygen atoms in total. The van der Waals surface area contributed by atoms with E-state index in [9.17, 15) is 4.79 Å². The van der Waals surface area contributed by atoms with Gasteiger partial charge in [-0.3, -0.25) is 4.79 Å². The lowest BCUT2D eigenvalue weighted by Gasteiger charge is -2.20. The monoisotopic (exact) mass is 171 g/mol. The van der Waals surface area contributed by atoms with E-state index in [1.54, 1.807) is 0 Å². The molecule has 3 heteroatoms. The first-order valence-electron chi connectivity index (χ1n) is 4.51. The zero-order valence-corrected chi connectivity index (χ0v) is 7.80. The second kappa shape index (κ2) is 3.44. The molecule has 0 aromatic rings. The van der Waals surface area contributed by atoms with E-state index < -0.39 is 0 Å². The van der Waals surface area contributed by atoms with Crippen molar-refractivity contribution in [1.29, 1.82) is 0 Å². The molecule has 0 aromatic heterocycles. The summed E-state index contributed by atoms with van der Waals surface area (Å²) in [6.07, 6.45) is 2.58. The van der Waals surface area contributed by atoms with Gasteiger partial charge in [0.25, 0.3) is 0 Å². The summed E-state index contributed by atoms with van der Waals surface area (Å²) in [5.74, 6) is -0.0852. The Kier molecular flexibility index (Phi) is 2.73. The fourth-order valence-corrected chi connectivity index (χ4v) is 1.78. The summed E-state index contributed by atoms with van der Waals surface area (Å²) in [5, 5.41) is 0. The summed E-state index contributed by atoms with van der Waals surface area (Å²) in [7, 11) is 0. The Morgan fingerprint density at radius 3 is 2.83 bits per heavy atom. The van der Waals surface area contributed by atoms with Gasteiger partial charge >= 0.3 is 5.97 Å². The van der Waals surface area contributed by atoms with E-state index in [2.05, 4.69) is 0 Å². The van der Waals surface area contributed by atoms with Gasteiger partial charge in [0.15, 0.2) is 0 Å². The molecule has 2 N–H and O–H groups in total. The lowest BCUT2D eigenvalue weighted by atomic mass is 9.89. The van der Waals surface area contributed by atoms with Crippen molar-refractivity contribution in [3.8, 4) is 0 Å². The lowest BCUT2D eigenvalue weighted by molar-refractivity contribution is -0.154. The molecule has 0 aliphatic heterocycles. The first-order chi connectivity index (χ1) is 5.58. The van der Waals surface area contributed by atoms with Crippen LogP contribution in [0.25, 0.3) is 0 Å². The number of rotatable bonds is 2. The number of nitrogens with two attached hydrogens (primary N) is 1. The summed E-state index contributed by atoms with van der Waals surface area (Å²) < 4.78 is 4.98. The normalized spacial score (nSPS) is 35.1. The predicted molar refractivity (Wildman–Crippen MR) is 46.6 cm³/mol.